The predicted molar refractivity (Wildman–Crippen MR) is 83.2 cm³/mol. The fourth-order valence-corrected chi connectivity index (χ4v) is 3.14. The van der Waals surface area contributed by atoms with Gasteiger partial charge in [-0.1, -0.05) is 38.8 Å². The summed E-state index contributed by atoms with van der Waals surface area (Å²) in [4.78, 5) is 0.372. The second-order valence-electron chi connectivity index (χ2n) is 4.96. The third kappa shape index (κ3) is 4.89. The minimum Gasteiger partial charge on any atom is -0.313 e. The minimum atomic E-state index is -3.34. The standard InChI is InChI=1S/C15H26N2O2S/c1-4-6-7-12-17(3)20(18,19)15-10-8-14(9-11-15)13-16-5-2/h8-11,16H,4-7,12-13H2,1-3H3. The van der Waals surface area contributed by atoms with Crippen LogP contribution in [-0.2, 0) is 16.6 Å². The van der Waals surface area contributed by atoms with Crippen LogP contribution in [0.25, 0.3) is 0 Å². The maximum atomic E-state index is 12.4. The molecule has 1 aromatic rings. The molecule has 0 aromatic heterocycles. The summed E-state index contributed by atoms with van der Waals surface area (Å²) in [6.07, 6.45) is 3.05. The van der Waals surface area contributed by atoms with Crippen LogP contribution in [0.4, 0.5) is 0 Å². The molecule has 0 atom stereocenters. The third-order valence-electron chi connectivity index (χ3n) is 3.29. The summed E-state index contributed by atoms with van der Waals surface area (Å²) in [5.74, 6) is 0. The first-order valence-electron chi connectivity index (χ1n) is 7.28. The summed E-state index contributed by atoms with van der Waals surface area (Å²) in [5, 5.41) is 3.22. The fourth-order valence-electron chi connectivity index (χ4n) is 1.93. The lowest BCUT2D eigenvalue weighted by molar-refractivity contribution is 0.454. The van der Waals surface area contributed by atoms with E-state index in [1.165, 1.54) is 4.31 Å². The van der Waals surface area contributed by atoms with E-state index in [1.54, 1.807) is 19.2 Å². The number of hydrogen-bond donors (Lipinski definition) is 1. The van der Waals surface area contributed by atoms with Crippen molar-refractivity contribution in [3.05, 3.63) is 29.8 Å². The number of sulfonamides is 1. The zero-order chi connectivity index (χ0) is 15.0. The van der Waals surface area contributed by atoms with Crippen molar-refractivity contribution in [2.75, 3.05) is 20.1 Å². The fraction of sp³-hybridized carbons (Fsp3) is 0.600. The van der Waals surface area contributed by atoms with Crippen LogP contribution in [0.2, 0.25) is 0 Å². The molecular formula is C15H26N2O2S. The maximum Gasteiger partial charge on any atom is 0.242 e. The first-order chi connectivity index (χ1) is 9.52. The van der Waals surface area contributed by atoms with Crippen LogP contribution in [-0.4, -0.2) is 32.9 Å². The number of benzene rings is 1. The molecule has 0 heterocycles. The summed E-state index contributed by atoms with van der Waals surface area (Å²) in [6, 6.07) is 7.13. The van der Waals surface area contributed by atoms with Crippen LogP contribution >= 0.6 is 0 Å². The lowest BCUT2D eigenvalue weighted by Crippen LogP contribution is -2.28. The van der Waals surface area contributed by atoms with Crippen molar-refractivity contribution < 1.29 is 8.42 Å². The summed E-state index contributed by atoms with van der Waals surface area (Å²) in [5.41, 5.74) is 1.10. The van der Waals surface area contributed by atoms with Gasteiger partial charge in [0.1, 0.15) is 0 Å². The van der Waals surface area contributed by atoms with Crippen molar-refractivity contribution in [3.8, 4) is 0 Å². The van der Waals surface area contributed by atoms with Crippen molar-refractivity contribution in [2.24, 2.45) is 0 Å². The van der Waals surface area contributed by atoms with Crippen molar-refractivity contribution in [3.63, 3.8) is 0 Å². The molecule has 0 bridgehead atoms. The van der Waals surface area contributed by atoms with Crippen LogP contribution in [0.5, 0.6) is 0 Å². The smallest absolute Gasteiger partial charge is 0.242 e. The van der Waals surface area contributed by atoms with Crippen LogP contribution < -0.4 is 5.32 Å². The quantitative estimate of drug-likeness (QED) is 0.713. The molecule has 0 aliphatic carbocycles. The monoisotopic (exact) mass is 298 g/mol. The summed E-state index contributed by atoms with van der Waals surface area (Å²) in [7, 11) is -1.69. The molecule has 0 radical (unpaired) electrons. The highest BCUT2D eigenvalue weighted by atomic mass is 32.2. The molecule has 0 saturated heterocycles. The largest absolute Gasteiger partial charge is 0.313 e. The Bertz CT molecular complexity index is 483. The molecular weight excluding hydrogens is 272 g/mol. The van der Waals surface area contributed by atoms with Gasteiger partial charge in [0.15, 0.2) is 0 Å². The summed E-state index contributed by atoms with van der Waals surface area (Å²) >= 11 is 0. The lowest BCUT2D eigenvalue weighted by atomic mass is 10.2. The first kappa shape index (κ1) is 17.1. The molecule has 0 saturated carbocycles. The van der Waals surface area contributed by atoms with E-state index in [1.807, 2.05) is 19.1 Å². The first-order valence-corrected chi connectivity index (χ1v) is 8.72. The van der Waals surface area contributed by atoms with Gasteiger partial charge in [-0.2, -0.15) is 0 Å². The van der Waals surface area contributed by atoms with Crippen LogP contribution in [0.3, 0.4) is 0 Å². The molecule has 0 aliphatic heterocycles. The Balaban J connectivity index is 2.71. The molecule has 114 valence electrons. The molecule has 1 N–H and O–H groups in total. The van der Waals surface area contributed by atoms with Crippen molar-refractivity contribution in [2.45, 2.75) is 44.6 Å². The number of unbranched alkanes of at least 4 members (excludes halogenated alkanes) is 2. The van der Waals surface area contributed by atoms with Gasteiger partial charge >= 0.3 is 0 Å². The molecule has 0 spiro atoms. The van der Waals surface area contributed by atoms with Gasteiger partial charge in [-0.15, -0.1) is 0 Å². The van der Waals surface area contributed by atoms with Gasteiger partial charge in [-0.25, -0.2) is 12.7 Å². The predicted octanol–water partition coefficient (Wildman–Crippen LogP) is 2.61. The second-order valence-corrected chi connectivity index (χ2v) is 7.00. The summed E-state index contributed by atoms with van der Waals surface area (Å²) in [6.45, 7) is 6.40. The normalized spacial score (nSPS) is 12.0. The van der Waals surface area contributed by atoms with Gasteiger partial charge in [-0.05, 0) is 30.7 Å². The van der Waals surface area contributed by atoms with Gasteiger partial charge in [0, 0.05) is 20.1 Å². The Kier molecular flexibility index (Phi) is 7.19. The average Bonchev–Trinajstić information content (AvgIpc) is 2.45. The molecule has 0 fully saturated rings. The van der Waals surface area contributed by atoms with E-state index in [4.69, 9.17) is 0 Å². The number of rotatable bonds is 9. The highest BCUT2D eigenvalue weighted by molar-refractivity contribution is 7.89. The molecule has 0 amide bonds. The Hall–Kier alpha value is -0.910. The molecule has 0 unspecified atom stereocenters. The Morgan fingerprint density at radius 1 is 1.10 bits per heavy atom. The third-order valence-corrected chi connectivity index (χ3v) is 5.16. The van der Waals surface area contributed by atoms with Gasteiger partial charge in [-0.3, -0.25) is 0 Å². The van der Waals surface area contributed by atoms with E-state index < -0.39 is 10.0 Å². The highest BCUT2D eigenvalue weighted by Gasteiger charge is 2.19. The van der Waals surface area contributed by atoms with E-state index in [2.05, 4.69) is 12.2 Å². The van der Waals surface area contributed by atoms with Crippen LogP contribution in [0.1, 0.15) is 38.7 Å². The molecule has 1 aromatic carbocycles. The van der Waals surface area contributed by atoms with Crippen molar-refractivity contribution in [1.29, 1.82) is 0 Å². The van der Waals surface area contributed by atoms with E-state index in [-0.39, 0.29) is 0 Å². The zero-order valence-corrected chi connectivity index (χ0v) is 13.5. The van der Waals surface area contributed by atoms with Gasteiger partial charge < -0.3 is 5.32 Å². The molecule has 5 heteroatoms. The number of hydrogen-bond acceptors (Lipinski definition) is 3. The second kappa shape index (κ2) is 8.39. The molecule has 20 heavy (non-hydrogen) atoms. The zero-order valence-electron chi connectivity index (χ0n) is 12.7. The molecule has 0 aliphatic rings. The van der Waals surface area contributed by atoms with E-state index in [9.17, 15) is 8.42 Å². The van der Waals surface area contributed by atoms with Crippen molar-refractivity contribution >= 4 is 10.0 Å². The number of nitrogens with zero attached hydrogens (tertiary/aromatic N) is 1. The highest BCUT2D eigenvalue weighted by Crippen LogP contribution is 2.16. The van der Waals surface area contributed by atoms with Crippen LogP contribution in [0.15, 0.2) is 29.2 Å². The van der Waals surface area contributed by atoms with Gasteiger partial charge in [0.25, 0.3) is 0 Å². The average molecular weight is 298 g/mol. The van der Waals surface area contributed by atoms with E-state index >= 15 is 0 Å². The van der Waals surface area contributed by atoms with Crippen LogP contribution in [0, 0.1) is 0 Å². The Morgan fingerprint density at radius 2 is 1.75 bits per heavy atom. The van der Waals surface area contributed by atoms with E-state index in [0.717, 1.165) is 37.9 Å². The topological polar surface area (TPSA) is 49.4 Å². The van der Waals surface area contributed by atoms with Gasteiger partial charge in [0.2, 0.25) is 10.0 Å². The minimum absolute atomic E-state index is 0.372. The lowest BCUT2D eigenvalue weighted by Gasteiger charge is -2.17. The SMILES string of the molecule is CCCCCN(C)S(=O)(=O)c1ccc(CNCC)cc1. The van der Waals surface area contributed by atoms with Crippen molar-refractivity contribution in [1.82, 2.24) is 9.62 Å². The molecule has 4 nitrogen and oxygen atoms in total. The Labute approximate surface area is 123 Å². The Morgan fingerprint density at radius 3 is 2.30 bits per heavy atom. The maximum absolute atomic E-state index is 12.4. The van der Waals surface area contributed by atoms with E-state index in [0.29, 0.717) is 11.4 Å². The van der Waals surface area contributed by atoms with Gasteiger partial charge in [0.05, 0.1) is 4.90 Å². The summed E-state index contributed by atoms with van der Waals surface area (Å²) < 4.78 is 26.2. The molecule has 1 rings (SSSR count). The number of nitrogens with one attached hydrogen (secondary N) is 1.